The van der Waals surface area contributed by atoms with Crippen LogP contribution in [0.2, 0.25) is 0 Å². The van der Waals surface area contributed by atoms with Gasteiger partial charge in [-0.3, -0.25) is 9.69 Å². The Morgan fingerprint density at radius 1 is 1.17 bits per heavy atom. The summed E-state index contributed by atoms with van der Waals surface area (Å²) in [6.45, 7) is 4.66. The minimum atomic E-state index is -0.112. The number of benzene rings is 1. The highest BCUT2D eigenvalue weighted by Gasteiger charge is 2.14. The Bertz CT molecular complexity index is 867. The Hall–Kier alpha value is -2.09. The van der Waals surface area contributed by atoms with E-state index >= 15 is 0 Å². The summed E-state index contributed by atoms with van der Waals surface area (Å²) in [4.78, 5) is 19.9. The van der Waals surface area contributed by atoms with Crippen molar-refractivity contribution in [2.75, 3.05) is 26.2 Å². The molecule has 23 heavy (non-hydrogen) atoms. The van der Waals surface area contributed by atoms with Crippen LogP contribution in [-0.4, -0.2) is 45.7 Å². The van der Waals surface area contributed by atoms with Gasteiger partial charge in [-0.25, -0.2) is 4.98 Å². The number of rotatable bonds is 3. The molecule has 0 spiro atoms. The molecule has 0 aliphatic carbocycles. The Morgan fingerprint density at radius 2 is 1.96 bits per heavy atom. The van der Waals surface area contributed by atoms with Crippen molar-refractivity contribution in [3.63, 3.8) is 0 Å². The molecule has 3 heterocycles. The number of nitrogens with zero attached hydrogens (tertiary/aromatic N) is 4. The van der Waals surface area contributed by atoms with Crippen LogP contribution in [0, 0.1) is 0 Å². The molecule has 0 atom stereocenters. The fraction of sp³-hybridized carbons (Fsp3) is 0.312. The first-order chi connectivity index (χ1) is 11.3. The normalized spacial score (nSPS) is 16.0. The van der Waals surface area contributed by atoms with E-state index in [0.29, 0.717) is 11.5 Å². The maximum atomic E-state index is 12.3. The Balaban J connectivity index is 1.68. The summed E-state index contributed by atoms with van der Waals surface area (Å²) in [7, 11) is 0. The van der Waals surface area contributed by atoms with E-state index in [1.165, 1.54) is 15.9 Å². The first-order valence-electron chi connectivity index (χ1n) is 7.68. The van der Waals surface area contributed by atoms with Crippen molar-refractivity contribution in [3.05, 3.63) is 52.4 Å². The first-order valence-corrected chi connectivity index (χ1v) is 8.49. The zero-order chi connectivity index (χ0) is 15.6. The molecule has 1 saturated heterocycles. The Labute approximate surface area is 137 Å². The van der Waals surface area contributed by atoms with Crippen LogP contribution < -0.4 is 10.9 Å². The van der Waals surface area contributed by atoms with Gasteiger partial charge in [-0.1, -0.05) is 41.7 Å². The van der Waals surface area contributed by atoms with Gasteiger partial charge < -0.3 is 5.32 Å². The summed E-state index contributed by atoms with van der Waals surface area (Å²) in [5, 5.41) is 8.55. The van der Waals surface area contributed by atoms with Crippen molar-refractivity contribution in [2.45, 2.75) is 6.54 Å². The van der Waals surface area contributed by atoms with E-state index in [4.69, 9.17) is 0 Å². The van der Waals surface area contributed by atoms with Crippen LogP contribution in [0.5, 0.6) is 0 Å². The van der Waals surface area contributed by atoms with Gasteiger partial charge in [0.2, 0.25) is 4.96 Å². The summed E-state index contributed by atoms with van der Waals surface area (Å²) in [5.41, 5.74) is 1.71. The van der Waals surface area contributed by atoms with Crippen LogP contribution >= 0.6 is 11.3 Å². The molecule has 1 N–H and O–H groups in total. The van der Waals surface area contributed by atoms with Crippen LogP contribution in [0.4, 0.5) is 0 Å². The number of piperazine rings is 1. The van der Waals surface area contributed by atoms with Gasteiger partial charge >= 0.3 is 0 Å². The highest BCUT2D eigenvalue weighted by atomic mass is 32.1. The molecule has 7 heteroatoms. The minimum absolute atomic E-state index is 0.112. The molecular weight excluding hydrogens is 310 g/mol. The number of hydrogen-bond acceptors (Lipinski definition) is 6. The van der Waals surface area contributed by atoms with E-state index in [2.05, 4.69) is 20.3 Å². The molecule has 0 unspecified atom stereocenters. The van der Waals surface area contributed by atoms with Gasteiger partial charge in [-0.05, 0) is 0 Å². The maximum absolute atomic E-state index is 12.3. The highest BCUT2D eigenvalue weighted by Crippen LogP contribution is 2.23. The van der Waals surface area contributed by atoms with E-state index in [1.54, 1.807) is 6.07 Å². The van der Waals surface area contributed by atoms with E-state index in [0.717, 1.165) is 42.4 Å². The molecular formula is C16H17N5OS. The number of hydrogen-bond donors (Lipinski definition) is 1. The van der Waals surface area contributed by atoms with Gasteiger partial charge in [-0.15, -0.1) is 0 Å². The third-order valence-electron chi connectivity index (χ3n) is 3.91. The SMILES string of the molecule is O=c1cc(CN2CCNCC2)nc2sc(-c3ccccc3)nn12. The monoisotopic (exact) mass is 327 g/mol. The topological polar surface area (TPSA) is 62.5 Å². The van der Waals surface area contributed by atoms with Crippen molar-refractivity contribution in [3.8, 4) is 10.6 Å². The Morgan fingerprint density at radius 3 is 2.74 bits per heavy atom. The molecule has 6 nitrogen and oxygen atoms in total. The lowest BCUT2D eigenvalue weighted by molar-refractivity contribution is 0.231. The molecule has 1 aromatic carbocycles. The predicted molar refractivity (Wildman–Crippen MR) is 90.7 cm³/mol. The fourth-order valence-electron chi connectivity index (χ4n) is 2.73. The van der Waals surface area contributed by atoms with E-state index in [-0.39, 0.29) is 5.56 Å². The molecule has 2 aromatic heterocycles. The first kappa shape index (κ1) is 14.5. The van der Waals surface area contributed by atoms with Gasteiger partial charge in [0.05, 0.1) is 5.69 Å². The summed E-state index contributed by atoms with van der Waals surface area (Å²) in [6.07, 6.45) is 0. The molecule has 1 aliphatic heterocycles. The molecule has 1 aliphatic rings. The van der Waals surface area contributed by atoms with Crippen molar-refractivity contribution >= 4 is 16.3 Å². The summed E-state index contributed by atoms with van der Waals surface area (Å²) in [5.74, 6) is 0. The van der Waals surface area contributed by atoms with Crippen molar-refractivity contribution < 1.29 is 0 Å². The molecule has 0 amide bonds. The van der Waals surface area contributed by atoms with Gasteiger partial charge in [-0.2, -0.15) is 9.61 Å². The van der Waals surface area contributed by atoms with Crippen LogP contribution in [-0.2, 0) is 6.54 Å². The average molecular weight is 327 g/mol. The third kappa shape index (κ3) is 3.03. The Kier molecular flexibility index (Phi) is 3.90. The van der Waals surface area contributed by atoms with Crippen LogP contribution in [0.3, 0.4) is 0 Å². The molecule has 118 valence electrons. The predicted octanol–water partition coefficient (Wildman–Crippen LogP) is 1.22. The minimum Gasteiger partial charge on any atom is -0.314 e. The van der Waals surface area contributed by atoms with E-state index in [1.807, 2.05) is 30.3 Å². The van der Waals surface area contributed by atoms with Gasteiger partial charge in [0.1, 0.15) is 5.01 Å². The second kappa shape index (κ2) is 6.19. The van der Waals surface area contributed by atoms with E-state index < -0.39 is 0 Å². The van der Waals surface area contributed by atoms with Crippen molar-refractivity contribution in [2.24, 2.45) is 0 Å². The molecule has 1 fully saturated rings. The standard InChI is InChI=1S/C16H17N5OS/c22-14-10-13(11-20-8-6-17-7-9-20)18-16-21(14)19-15(23-16)12-4-2-1-3-5-12/h1-5,10,17H,6-9,11H2. The van der Waals surface area contributed by atoms with E-state index in [9.17, 15) is 4.79 Å². The number of aromatic nitrogens is 3. The molecule has 0 radical (unpaired) electrons. The second-order valence-electron chi connectivity index (χ2n) is 5.58. The smallest absolute Gasteiger partial charge is 0.275 e. The molecule has 0 bridgehead atoms. The molecule has 4 rings (SSSR count). The van der Waals surface area contributed by atoms with Crippen LogP contribution in [0.1, 0.15) is 5.69 Å². The summed E-state index contributed by atoms with van der Waals surface area (Å²) >= 11 is 1.45. The number of nitrogens with one attached hydrogen (secondary N) is 1. The van der Waals surface area contributed by atoms with Gasteiger partial charge in [0.15, 0.2) is 0 Å². The second-order valence-corrected chi connectivity index (χ2v) is 6.54. The summed E-state index contributed by atoms with van der Waals surface area (Å²) < 4.78 is 1.40. The van der Waals surface area contributed by atoms with Crippen molar-refractivity contribution in [1.29, 1.82) is 0 Å². The maximum Gasteiger partial charge on any atom is 0.275 e. The molecule has 3 aromatic rings. The summed E-state index contributed by atoms with van der Waals surface area (Å²) in [6, 6.07) is 11.5. The molecule has 0 saturated carbocycles. The van der Waals surface area contributed by atoms with Crippen LogP contribution in [0.25, 0.3) is 15.5 Å². The third-order valence-corrected chi connectivity index (χ3v) is 4.87. The zero-order valence-electron chi connectivity index (χ0n) is 12.6. The van der Waals surface area contributed by atoms with Gasteiger partial charge in [0.25, 0.3) is 5.56 Å². The lowest BCUT2D eigenvalue weighted by Gasteiger charge is -2.26. The number of fused-ring (bicyclic) bond motifs is 1. The lowest BCUT2D eigenvalue weighted by Crippen LogP contribution is -2.43. The largest absolute Gasteiger partial charge is 0.314 e. The fourth-order valence-corrected chi connectivity index (χ4v) is 3.66. The highest BCUT2D eigenvalue weighted by molar-refractivity contribution is 7.19. The zero-order valence-corrected chi connectivity index (χ0v) is 13.4. The van der Waals surface area contributed by atoms with Gasteiger partial charge in [0, 0.05) is 44.4 Å². The average Bonchev–Trinajstić information content (AvgIpc) is 3.01. The van der Waals surface area contributed by atoms with Crippen LogP contribution in [0.15, 0.2) is 41.2 Å². The quantitative estimate of drug-likeness (QED) is 0.784. The van der Waals surface area contributed by atoms with Crippen molar-refractivity contribution in [1.82, 2.24) is 24.8 Å². The lowest BCUT2D eigenvalue weighted by atomic mass is 10.2.